The summed E-state index contributed by atoms with van der Waals surface area (Å²) >= 11 is -5.89. The molecule has 0 saturated carbocycles. The fourth-order valence-electron chi connectivity index (χ4n) is 2.77. The average Bonchev–Trinajstić information content (AvgIpc) is 2.55. The van der Waals surface area contributed by atoms with Crippen LogP contribution < -0.4 is 0 Å². The van der Waals surface area contributed by atoms with Crippen LogP contribution in [0.5, 0.6) is 0 Å². The summed E-state index contributed by atoms with van der Waals surface area (Å²) in [4.78, 5) is 8.77. The van der Waals surface area contributed by atoms with E-state index in [0.29, 0.717) is 0 Å². The standard InChI is InChI=1S/2C8H9O.4CH3.O.2Sn/c2*9-7-6-8-4-2-1-3-5-8;;;;;;;/h2*1-5H,6-7H2;4*1H3;;;/q2*-1;;;;;;2*+1. The molecule has 0 radical (unpaired) electrons. The minimum atomic E-state index is -2.94. The molecule has 0 saturated heterocycles. The Kier molecular flexibility index (Phi) is 8.75. The van der Waals surface area contributed by atoms with Crippen molar-refractivity contribution in [2.45, 2.75) is 32.6 Å². The summed E-state index contributed by atoms with van der Waals surface area (Å²) in [6.45, 7) is 1.47. The molecular weight excluding hydrogens is 526 g/mol. The van der Waals surface area contributed by atoms with Crippen LogP contribution in [0.15, 0.2) is 60.7 Å². The van der Waals surface area contributed by atoms with Gasteiger partial charge in [0.2, 0.25) is 0 Å². The van der Waals surface area contributed by atoms with Gasteiger partial charge in [-0.15, -0.1) is 0 Å². The van der Waals surface area contributed by atoms with Gasteiger partial charge in [-0.3, -0.25) is 0 Å². The average molecular weight is 556 g/mol. The van der Waals surface area contributed by atoms with Gasteiger partial charge in [-0.1, -0.05) is 0 Å². The van der Waals surface area contributed by atoms with E-state index in [2.05, 4.69) is 68.3 Å². The van der Waals surface area contributed by atoms with Gasteiger partial charge in [0.15, 0.2) is 0 Å². The van der Waals surface area contributed by atoms with Crippen LogP contribution in [0.25, 0.3) is 0 Å². The summed E-state index contributed by atoms with van der Waals surface area (Å²) in [6.07, 6.45) is 1.88. The number of rotatable bonds is 10. The molecule has 0 atom stereocenters. The molecule has 0 aliphatic carbocycles. The third-order valence-electron chi connectivity index (χ3n) is 3.86. The van der Waals surface area contributed by atoms with Crippen molar-refractivity contribution in [2.75, 3.05) is 13.2 Å². The Morgan fingerprint density at radius 1 is 0.600 bits per heavy atom. The van der Waals surface area contributed by atoms with Gasteiger partial charge >= 0.3 is 164 Å². The van der Waals surface area contributed by atoms with Crippen molar-refractivity contribution in [1.82, 2.24) is 0 Å². The topological polar surface area (TPSA) is 27.7 Å². The molecule has 3 nitrogen and oxygen atoms in total. The minimum absolute atomic E-state index is 0.735. The third-order valence-corrected chi connectivity index (χ3v) is 30.6. The van der Waals surface area contributed by atoms with Gasteiger partial charge in [0, 0.05) is 0 Å². The molecule has 0 amide bonds. The maximum atomic E-state index is 6.48. The zero-order valence-corrected chi connectivity index (χ0v) is 21.5. The summed E-state index contributed by atoms with van der Waals surface area (Å²) in [5, 5.41) is 0. The van der Waals surface area contributed by atoms with Crippen LogP contribution >= 0.6 is 0 Å². The molecule has 2 aromatic rings. The molecule has 0 fully saturated rings. The Morgan fingerprint density at radius 3 is 1.32 bits per heavy atom. The molecule has 0 spiro atoms. The predicted molar refractivity (Wildman–Crippen MR) is 108 cm³/mol. The molecule has 5 heteroatoms. The van der Waals surface area contributed by atoms with Crippen molar-refractivity contribution in [3.63, 3.8) is 0 Å². The van der Waals surface area contributed by atoms with Crippen molar-refractivity contribution < 1.29 is 7.56 Å². The van der Waals surface area contributed by atoms with E-state index < -0.39 is 38.4 Å². The molecule has 0 N–H and O–H groups in total. The van der Waals surface area contributed by atoms with Crippen LogP contribution in [0.4, 0.5) is 0 Å². The van der Waals surface area contributed by atoms with Gasteiger partial charge in [-0.05, 0) is 0 Å². The number of hydrogen-bond donors (Lipinski definition) is 0. The second-order valence-electron chi connectivity index (χ2n) is 7.07. The quantitative estimate of drug-likeness (QED) is 0.390. The zero-order chi connectivity index (χ0) is 18.2. The van der Waals surface area contributed by atoms with Gasteiger partial charge in [0.1, 0.15) is 0 Å². The van der Waals surface area contributed by atoms with E-state index in [1.807, 2.05) is 12.1 Å². The molecule has 0 unspecified atom stereocenters. The summed E-state index contributed by atoms with van der Waals surface area (Å²) in [6, 6.07) is 20.9. The monoisotopic (exact) mass is 558 g/mol. The molecule has 2 aromatic carbocycles. The Hall–Kier alpha value is -0.0826. The molecular formula is C20H30O3Sn2. The summed E-state index contributed by atoms with van der Waals surface area (Å²) < 4.78 is 18.9. The van der Waals surface area contributed by atoms with Crippen molar-refractivity contribution in [3.8, 4) is 0 Å². The summed E-state index contributed by atoms with van der Waals surface area (Å²) in [7, 11) is 0. The van der Waals surface area contributed by atoms with Crippen molar-refractivity contribution in [3.05, 3.63) is 71.8 Å². The first kappa shape index (κ1) is 21.2. The van der Waals surface area contributed by atoms with Crippen LogP contribution in [-0.4, -0.2) is 51.6 Å². The Balaban J connectivity index is 1.73. The molecule has 25 heavy (non-hydrogen) atoms. The second kappa shape index (κ2) is 10.3. The van der Waals surface area contributed by atoms with Crippen molar-refractivity contribution in [2.24, 2.45) is 0 Å². The summed E-state index contributed by atoms with van der Waals surface area (Å²) in [5.41, 5.74) is 2.62. The van der Waals surface area contributed by atoms with E-state index in [1.54, 1.807) is 0 Å². The molecule has 136 valence electrons. The van der Waals surface area contributed by atoms with Crippen LogP contribution in [-0.2, 0) is 20.4 Å². The molecule has 0 heterocycles. The third kappa shape index (κ3) is 8.91. The van der Waals surface area contributed by atoms with Crippen LogP contribution in [0, 0.1) is 0 Å². The molecule has 0 aromatic heterocycles. The Labute approximate surface area is 162 Å². The van der Waals surface area contributed by atoms with Gasteiger partial charge in [-0.2, -0.15) is 0 Å². The van der Waals surface area contributed by atoms with Crippen LogP contribution in [0.3, 0.4) is 0 Å². The van der Waals surface area contributed by atoms with E-state index in [-0.39, 0.29) is 0 Å². The predicted octanol–water partition coefficient (Wildman–Crippen LogP) is 4.93. The maximum absolute atomic E-state index is 6.48. The first-order valence-corrected chi connectivity index (χ1v) is 25.0. The van der Waals surface area contributed by atoms with Gasteiger partial charge in [0.25, 0.3) is 0 Å². The first-order chi connectivity index (χ1) is 11.9. The van der Waals surface area contributed by atoms with Crippen LogP contribution in [0.2, 0.25) is 19.8 Å². The van der Waals surface area contributed by atoms with Gasteiger partial charge in [0.05, 0.1) is 0 Å². The van der Waals surface area contributed by atoms with Crippen LogP contribution in [0.1, 0.15) is 11.1 Å². The van der Waals surface area contributed by atoms with E-state index in [4.69, 9.17) is 7.56 Å². The molecule has 0 bridgehead atoms. The van der Waals surface area contributed by atoms with E-state index in [0.717, 1.165) is 26.1 Å². The Morgan fingerprint density at radius 2 is 0.960 bits per heavy atom. The van der Waals surface area contributed by atoms with Crippen molar-refractivity contribution in [1.29, 1.82) is 0 Å². The van der Waals surface area contributed by atoms with E-state index in [1.165, 1.54) is 11.1 Å². The van der Waals surface area contributed by atoms with Gasteiger partial charge < -0.3 is 0 Å². The zero-order valence-electron chi connectivity index (χ0n) is 15.8. The molecule has 2 rings (SSSR count). The van der Waals surface area contributed by atoms with E-state index >= 15 is 0 Å². The van der Waals surface area contributed by atoms with E-state index in [9.17, 15) is 0 Å². The molecule has 0 aliphatic heterocycles. The fourth-order valence-corrected chi connectivity index (χ4v) is 34.8. The Bertz CT molecular complexity index is 560. The SMILES string of the molecule is [CH3][Sn]([CH3])([O]CCc1ccccc1)[O][Sn]([CH3])([CH3])[O]CCc1ccccc1. The van der Waals surface area contributed by atoms with Crippen molar-refractivity contribution >= 4 is 38.4 Å². The second-order valence-corrected chi connectivity index (χ2v) is 29.2. The fraction of sp³-hybridized carbons (Fsp3) is 0.400. The van der Waals surface area contributed by atoms with Gasteiger partial charge in [-0.25, -0.2) is 0 Å². The number of benzene rings is 2. The number of hydrogen-bond acceptors (Lipinski definition) is 3. The normalized spacial score (nSPS) is 12.3. The first-order valence-electron chi connectivity index (χ1n) is 8.92. The summed E-state index contributed by atoms with van der Waals surface area (Å²) in [5.74, 6) is 0. The molecule has 0 aliphatic rings.